The first-order chi connectivity index (χ1) is 14.9. The molecule has 0 radical (unpaired) electrons. The Balaban J connectivity index is 1.55. The maximum Gasteiger partial charge on any atom is 0.250 e. The zero-order valence-electron chi connectivity index (χ0n) is 17.5. The van der Waals surface area contributed by atoms with Crippen LogP contribution < -0.4 is 9.47 Å². The summed E-state index contributed by atoms with van der Waals surface area (Å²) in [6.07, 6.45) is 4.68. The average molecular weight is 446 g/mol. The number of sulfonamides is 1. The molecule has 2 aromatic heterocycles. The molecule has 0 unspecified atom stereocenters. The second kappa shape index (κ2) is 8.60. The fourth-order valence-corrected chi connectivity index (χ4v) is 5.05. The van der Waals surface area contributed by atoms with Crippen LogP contribution in [0, 0.1) is 6.92 Å². The normalized spacial score (nSPS) is 17.5. The highest BCUT2D eigenvalue weighted by Gasteiger charge is 2.34. The van der Waals surface area contributed by atoms with Crippen LogP contribution in [-0.2, 0) is 10.0 Å². The SMILES string of the molecule is COc1ccc(S(=O)(=O)N2CCC[C@@H](c3nnc(-c4cnc(C)nc4)o3)C2)cc1OC. The summed E-state index contributed by atoms with van der Waals surface area (Å²) in [5.74, 6) is 2.00. The Morgan fingerprint density at radius 3 is 2.55 bits per heavy atom. The number of benzene rings is 1. The first-order valence-electron chi connectivity index (χ1n) is 9.77. The van der Waals surface area contributed by atoms with Crippen LogP contribution in [-0.4, -0.2) is 60.2 Å². The Morgan fingerprint density at radius 1 is 1.10 bits per heavy atom. The van der Waals surface area contributed by atoms with E-state index in [0.717, 1.165) is 6.42 Å². The van der Waals surface area contributed by atoms with Gasteiger partial charge in [-0.05, 0) is 31.9 Å². The monoisotopic (exact) mass is 445 g/mol. The maximum absolute atomic E-state index is 13.2. The maximum atomic E-state index is 13.2. The number of rotatable bonds is 6. The van der Waals surface area contributed by atoms with Crippen molar-refractivity contribution in [2.75, 3.05) is 27.3 Å². The van der Waals surface area contributed by atoms with E-state index in [0.29, 0.717) is 47.6 Å². The molecule has 0 saturated carbocycles. The molecular weight excluding hydrogens is 422 g/mol. The molecule has 1 fully saturated rings. The predicted octanol–water partition coefficient (Wildman–Crippen LogP) is 2.42. The molecule has 3 heterocycles. The lowest BCUT2D eigenvalue weighted by Gasteiger charge is -2.30. The van der Waals surface area contributed by atoms with Gasteiger partial charge in [0.25, 0.3) is 5.89 Å². The summed E-state index contributed by atoms with van der Waals surface area (Å²) in [5, 5.41) is 8.23. The Labute approximate surface area is 180 Å². The number of nitrogens with zero attached hydrogens (tertiary/aromatic N) is 5. The number of hydrogen-bond donors (Lipinski definition) is 0. The van der Waals surface area contributed by atoms with Crippen molar-refractivity contribution in [1.29, 1.82) is 0 Å². The summed E-state index contributed by atoms with van der Waals surface area (Å²) in [7, 11) is -0.750. The third-order valence-electron chi connectivity index (χ3n) is 5.19. The van der Waals surface area contributed by atoms with Gasteiger partial charge in [-0.15, -0.1) is 10.2 Å². The molecule has 0 bridgehead atoms. The van der Waals surface area contributed by atoms with Crippen LogP contribution in [0.1, 0.15) is 30.5 Å². The van der Waals surface area contributed by atoms with E-state index >= 15 is 0 Å². The summed E-state index contributed by atoms with van der Waals surface area (Å²) in [6.45, 7) is 2.46. The second-order valence-electron chi connectivity index (χ2n) is 7.18. The highest BCUT2D eigenvalue weighted by Crippen LogP contribution is 2.34. The summed E-state index contributed by atoms with van der Waals surface area (Å²) >= 11 is 0. The number of hydrogen-bond acceptors (Lipinski definition) is 9. The zero-order valence-corrected chi connectivity index (χ0v) is 18.3. The van der Waals surface area contributed by atoms with E-state index in [2.05, 4.69) is 20.2 Å². The van der Waals surface area contributed by atoms with Crippen molar-refractivity contribution in [1.82, 2.24) is 24.5 Å². The average Bonchev–Trinajstić information content (AvgIpc) is 3.29. The number of methoxy groups -OCH3 is 2. The molecule has 0 N–H and O–H groups in total. The Hall–Kier alpha value is -3.05. The minimum atomic E-state index is -3.72. The summed E-state index contributed by atoms with van der Waals surface area (Å²) in [4.78, 5) is 8.42. The quantitative estimate of drug-likeness (QED) is 0.563. The van der Waals surface area contributed by atoms with E-state index in [9.17, 15) is 8.42 Å². The van der Waals surface area contributed by atoms with Crippen molar-refractivity contribution in [2.24, 2.45) is 0 Å². The van der Waals surface area contributed by atoms with Crippen LogP contribution in [0.5, 0.6) is 11.5 Å². The predicted molar refractivity (Wildman–Crippen MR) is 110 cm³/mol. The van der Waals surface area contributed by atoms with Crippen LogP contribution in [0.2, 0.25) is 0 Å². The van der Waals surface area contributed by atoms with Crippen molar-refractivity contribution in [3.63, 3.8) is 0 Å². The Kier molecular flexibility index (Phi) is 5.88. The Morgan fingerprint density at radius 2 is 1.84 bits per heavy atom. The molecule has 164 valence electrons. The van der Waals surface area contributed by atoms with Gasteiger partial charge in [-0.3, -0.25) is 0 Å². The van der Waals surface area contributed by atoms with Gasteiger partial charge in [0.2, 0.25) is 15.9 Å². The standard InChI is InChI=1S/C20H23N5O5S/c1-13-21-10-15(11-22-13)20-24-23-19(30-20)14-5-4-8-25(12-14)31(26,27)16-6-7-17(28-2)18(9-16)29-3/h6-7,9-11,14H,4-5,8,12H2,1-3H3/t14-/m1/s1. The van der Waals surface area contributed by atoms with E-state index in [1.165, 1.54) is 30.7 Å². The van der Waals surface area contributed by atoms with Gasteiger partial charge in [0.1, 0.15) is 5.82 Å². The topological polar surface area (TPSA) is 121 Å². The lowest BCUT2D eigenvalue weighted by Crippen LogP contribution is -2.39. The molecule has 1 aliphatic rings. The summed E-state index contributed by atoms with van der Waals surface area (Å²) < 4.78 is 44.2. The number of piperidine rings is 1. The van der Waals surface area contributed by atoms with Crippen molar-refractivity contribution < 1.29 is 22.3 Å². The molecule has 11 heteroatoms. The largest absolute Gasteiger partial charge is 0.493 e. The lowest BCUT2D eigenvalue weighted by atomic mass is 10.00. The molecule has 4 rings (SSSR count). The zero-order chi connectivity index (χ0) is 22.0. The molecule has 1 aromatic carbocycles. The fourth-order valence-electron chi connectivity index (χ4n) is 3.51. The van der Waals surface area contributed by atoms with Gasteiger partial charge in [-0.1, -0.05) is 0 Å². The minimum absolute atomic E-state index is 0.147. The smallest absolute Gasteiger partial charge is 0.250 e. The highest BCUT2D eigenvalue weighted by atomic mass is 32.2. The number of aromatic nitrogens is 4. The summed E-state index contributed by atoms with van der Waals surface area (Å²) in [6, 6.07) is 4.57. The van der Waals surface area contributed by atoms with Crippen LogP contribution >= 0.6 is 0 Å². The van der Waals surface area contributed by atoms with E-state index in [4.69, 9.17) is 13.9 Å². The molecule has 1 saturated heterocycles. The van der Waals surface area contributed by atoms with Crippen LogP contribution in [0.25, 0.3) is 11.5 Å². The van der Waals surface area contributed by atoms with E-state index in [1.54, 1.807) is 25.4 Å². The molecule has 0 amide bonds. The van der Waals surface area contributed by atoms with Crippen molar-refractivity contribution in [3.05, 3.63) is 42.3 Å². The fraction of sp³-hybridized carbons (Fsp3) is 0.400. The molecular formula is C20H23N5O5S. The van der Waals surface area contributed by atoms with Crippen LogP contribution in [0.15, 0.2) is 39.9 Å². The molecule has 3 aromatic rings. The molecule has 1 aliphatic heterocycles. The lowest BCUT2D eigenvalue weighted by molar-refractivity contribution is 0.286. The van der Waals surface area contributed by atoms with Gasteiger partial charge in [0.15, 0.2) is 11.5 Å². The van der Waals surface area contributed by atoms with Crippen molar-refractivity contribution >= 4 is 10.0 Å². The van der Waals surface area contributed by atoms with Crippen LogP contribution in [0.3, 0.4) is 0 Å². The highest BCUT2D eigenvalue weighted by molar-refractivity contribution is 7.89. The number of aryl methyl sites for hydroxylation is 1. The van der Waals surface area contributed by atoms with Crippen molar-refractivity contribution in [3.8, 4) is 23.0 Å². The van der Waals surface area contributed by atoms with Gasteiger partial charge < -0.3 is 13.9 Å². The first-order valence-corrected chi connectivity index (χ1v) is 11.2. The third-order valence-corrected chi connectivity index (χ3v) is 7.06. The third kappa shape index (κ3) is 4.23. The van der Waals surface area contributed by atoms with Gasteiger partial charge >= 0.3 is 0 Å². The number of ether oxygens (including phenoxy) is 2. The first kappa shape index (κ1) is 21.2. The van der Waals surface area contributed by atoms with E-state index in [-0.39, 0.29) is 17.4 Å². The second-order valence-corrected chi connectivity index (χ2v) is 9.12. The van der Waals surface area contributed by atoms with Crippen molar-refractivity contribution in [2.45, 2.75) is 30.6 Å². The molecule has 0 spiro atoms. The minimum Gasteiger partial charge on any atom is -0.493 e. The van der Waals surface area contributed by atoms with Crippen LogP contribution in [0.4, 0.5) is 0 Å². The Bertz CT molecular complexity index is 1160. The van der Waals surface area contributed by atoms with E-state index < -0.39 is 10.0 Å². The van der Waals surface area contributed by atoms with Gasteiger partial charge in [0.05, 0.1) is 30.6 Å². The molecule has 1 atom stereocenters. The molecule has 0 aliphatic carbocycles. The van der Waals surface area contributed by atoms with E-state index in [1.807, 2.05) is 0 Å². The van der Waals surface area contributed by atoms with Gasteiger partial charge in [-0.2, -0.15) is 4.31 Å². The van der Waals surface area contributed by atoms with Gasteiger partial charge in [-0.25, -0.2) is 18.4 Å². The molecule has 10 nitrogen and oxygen atoms in total. The molecule has 31 heavy (non-hydrogen) atoms. The summed E-state index contributed by atoms with van der Waals surface area (Å²) in [5.41, 5.74) is 0.620. The van der Waals surface area contributed by atoms with Gasteiger partial charge in [0, 0.05) is 31.5 Å².